The van der Waals surface area contributed by atoms with Crippen molar-refractivity contribution in [3.05, 3.63) is 65.2 Å². The highest BCUT2D eigenvalue weighted by atomic mass is 32.2. The van der Waals surface area contributed by atoms with Crippen molar-refractivity contribution >= 4 is 15.9 Å². The SMILES string of the molecule is CCCc1ccc(C(NS(=O)(=O)c2ccc(C(=O)NC)cc2)C(C)C)cc1. The van der Waals surface area contributed by atoms with Gasteiger partial charge in [0.25, 0.3) is 5.91 Å². The van der Waals surface area contributed by atoms with Crippen molar-refractivity contribution in [2.75, 3.05) is 7.05 Å². The molecule has 0 aromatic heterocycles. The lowest BCUT2D eigenvalue weighted by atomic mass is 9.95. The average molecular weight is 389 g/mol. The van der Waals surface area contributed by atoms with Crippen LogP contribution in [-0.4, -0.2) is 21.4 Å². The summed E-state index contributed by atoms with van der Waals surface area (Å²) in [6.45, 7) is 6.11. The fourth-order valence-corrected chi connectivity index (χ4v) is 4.31. The van der Waals surface area contributed by atoms with Gasteiger partial charge in [0.15, 0.2) is 0 Å². The van der Waals surface area contributed by atoms with Crippen LogP contribution in [0.1, 0.15) is 54.7 Å². The maximum Gasteiger partial charge on any atom is 0.251 e. The molecule has 2 rings (SSSR count). The molecule has 6 heteroatoms. The molecule has 0 saturated carbocycles. The van der Waals surface area contributed by atoms with Gasteiger partial charge in [0.1, 0.15) is 0 Å². The molecule has 0 aliphatic carbocycles. The first kappa shape index (κ1) is 21.1. The van der Waals surface area contributed by atoms with E-state index >= 15 is 0 Å². The van der Waals surface area contributed by atoms with Gasteiger partial charge < -0.3 is 5.32 Å². The van der Waals surface area contributed by atoms with Gasteiger partial charge in [0.05, 0.1) is 4.90 Å². The first-order valence-corrected chi connectivity index (χ1v) is 10.7. The fourth-order valence-electron chi connectivity index (χ4n) is 2.93. The summed E-state index contributed by atoms with van der Waals surface area (Å²) in [4.78, 5) is 11.8. The van der Waals surface area contributed by atoms with E-state index in [-0.39, 0.29) is 22.8 Å². The van der Waals surface area contributed by atoms with Crippen LogP contribution in [0.5, 0.6) is 0 Å². The number of amides is 1. The second kappa shape index (κ2) is 9.15. The molecule has 1 unspecified atom stereocenters. The third kappa shape index (κ3) is 5.40. The van der Waals surface area contributed by atoms with Crippen LogP contribution in [0.25, 0.3) is 0 Å². The molecule has 0 aliphatic heterocycles. The molecule has 1 atom stereocenters. The van der Waals surface area contributed by atoms with Crippen LogP contribution in [0.2, 0.25) is 0 Å². The molecule has 0 radical (unpaired) electrons. The molecule has 0 fully saturated rings. The minimum Gasteiger partial charge on any atom is -0.355 e. The van der Waals surface area contributed by atoms with Gasteiger partial charge in [-0.25, -0.2) is 13.1 Å². The number of sulfonamides is 1. The van der Waals surface area contributed by atoms with Crippen molar-refractivity contribution in [3.63, 3.8) is 0 Å². The van der Waals surface area contributed by atoms with Crippen molar-refractivity contribution in [3.8, 4) is 0 Å². The largest absolute Gasteiger partial charge is 0.355 e. The summed E-state index contributed by atoms with van der Waals surface area (Å²) in [6.07, 6.45) is 2.08. The number of nitrogens with one attached hydrogen (secondary N) is 2. The number of benzene rings is 2. The van der Waals surface area contributed by atoms with Crippen LogP contribution in [0.4, 0.5) is 0 Å². The first-order chi connectivity index (χ1) is 12.8. The van der Waals surface area contributed by atoms with E-state index in [0.29, 0.717) is 5.56 Å². The molecule has 2 aromatic carbocycles. The van der Waals surface area contributed by atoms with Crippen LogP contribution in [0.3, 0.4) is 0 Å². The maximum atomic E-state index is 12.8. The Morgan fingerprint density at radius 1 is 1.00 bits per heavy atom. The minimum absolute atomic E-state index is 0.0851. The minimum atomic E-state index is -3.70. The smallest absolute Gasteiger partial charge is 0.251 e. The van der Waals surface area contributed by atoms with E-state index in [4.69, 9.17) is 0 Å². The van der Waals surface area contributed by atoms with E-state index in [1.54, 1.807) is 0 Å². The van der Waals surface area contributed by atoms with Gasteiger partial charge in [-0.1, -0.05) is 51.5 Å². The Morgan fingerprint density at radius 3 is 2.07 bits per heavy atom. The zero-order valence-corrected chi connectivity index (χ0v) is 17.1. The standard InChI is InChI=1S/C21H28N2O3S/c1-5-6-16-7-9-17(10-8-16)20(15(2)3)23-27(25,26)19-13-11-18(12-14-19)21(24)22-4/h7-15,20,23H,5-6H2,1-4H3,(H,22,24). The molecule has 5 nitrogen and oxygen atoms in total. The van der Waals surface area contributed by atoms with Crippen molar-refractivity contribution < 1.29 is 13.2 Å². The molecule has 0 spiro atoms. The number of rotatable bonds is 8. The predicted molar refractivity (Wildman–Crippen MR) is 108 cm³/mol. The van der Waals surface area contributed by atoms with Crippen molar-refractivity contribution in [1.82, 2.24) is 10.0 Å². The van der Waals surface area contributed by atoms with Gasteiger partial charge in [-0.05, 0) is 47.7 Å². The number of aryl methyl sites for hydroxylation is 1. The summed E-state index contributed by atoms with van der Waals surface area (Å²) in [5, 5.41) is 2.52. The molecular formula is C21H28N2O3S. The van der Waals surface area contributed by atoms with Crippen LogP contribution in [-0.2, 0) is 16.4 Å². The molecular weight excluding hydrogens is 360 g/mol. The van der Waals surface area contributed by atoms with E-state index in [1.807, 2.05) is 26.0 Å². The third-order valence-electron chi connectivity index (χ3n) is 4.48. The average Bonchev–Trinajstić information content (AvgIpc) is 2.66. The van der Waals surface area contributed by atoms with Crippen LogP contribution in [0.15, 0.2) is 53.4 Å². The van der Waals surface area contributed by atoms with E-state index in [9.17, 15) is 13.2 Å². The second-order valence-corrected chi connectivity index (χ2v) is 8.65. The Kier molecular flexibility index (Phi) is 7.16. The Labute approximate surface area is 162 Å². The summed E-state index contributed by atoms with van der Waals surface area (Å²) in [6, 6.07) is 13.7. The van der Waals surface area contributed by atoms with Gasteiger partial charge in [0.2, 0.25) is 10.0 Å². The van der Waals surface area contributed by atoms with E-state index < -0.39 is 10.0 Å². The predicted octanol–water partition coefficient (Wildman–Crippen LogP) is 3.67. The highest BCUT2D eigenvalue weighted by Gasteiger charge is 2.24. The Morgan fingerprint density at radius 2 is 1.59 bits per heavy atom. The Bertz CT molecular complexity index is 857. The number of hydrogen-bond donors (Lipinski definition) is 2. The lowest BCUT2D eigenvalue weighted by Crippen LogP contribution is -2.32. The molecule has 0 bridgehead atoms. The topological polar surface area (TPSA) is 75.3 Å². The first-order valence-electron chi connectivity index (χ1n) is 9.21. The van der Waals surface area contributed by atoms with Crippen molar-refractivity contribution in [2.24, 2.45) is 5.92 Å². The van der Waals surface area contributed by atoms with Crippen molar-refractivity contribution in [1.29, 1.82) is 0 Å². The maximum absolute atomic E-state index is 12.8. The summed E-state index contributed by atoms with van der Waals surface area (Å²) in [7, 11) is -2.17. The second-order valence-electron chi connectivity index (χ2n) is 6.94. The normalized spacial score (nSPS) is 12.8. The van der Waals surface area contributed by atoms with Crippen LogP contribution >= 0.6 is 0 Å². The molecule has 2 N–H and O–H groups in total. The molecule has 146 valence electrons. The highest BCUT2D eigenvalue weighted by Crippen LogP contribution is 2.25. The Balaban J connectivity index is 2.25. The number of carbonyl (C=O) groups is 1. The quantitative estimate of drug-likeness (QED) is 0.724. The summed E-state index contributed by atoms with van der Waals surface area (Å²) >= 11 is 0. The highest BCUT2D eigenvalue weighted by molar-refractivity contribution is 7.89. The van der Waals surface area contributed by atoms with Gasteiger partial charge >= 0.3 is 0 Å². The summed E-state index contributed by atoms with van der Waals surface area (Å²) in [5.41, 5.74) is 2.61. The van der Waals surface area contributed by atoms with Gasteiger partial charge in [-0.3, -0.25) is 4.79 Å². The molecule has 27 heavy (non-hydrogen) atoms. The van der Waals surface area contributed by atoms with Gasteiger partial charge in [0, 0.05) is 18.7 Å². The van der Waals surface area contributed by atoms with Crippen LogP contribution in [0, 0.1) is 5.92 Å². The zero-order valence-electron chi connectivity index (χ0n) is 16.3. The van der Waals surface area contributed by atoms with E-state index in [1.165, 1.54) is 36.9 Å². The van der Waals surface area contributed by atoms with Gasteiger partial charge in [-0.2, -0.15) is 0 Å². The lowest BCUT2D eigenvalue weighted by Gasteiger charge is -2.23. The molecule has 0 heterocycles. The number of carbonyl (C=O) groups excluding carboxylic acids is 1. The third-order valence-corrected chi connectivity index (χ3v) is 5.94. The van der Waals surface area contributed by atoms with Crippen LogP contribution < -0.4 is 10.0 Å². The van der Waals surface area contributed by atoms with E-state index in [0.717, 1.165) is 18.4 Å². The monoisotopic (exact) mass is 388 g/mol. The fraction of sp³-hybridized carbons (Fsp3) is 0.381. The van der Waals surface area contributed by atoms with E-state index in [2.05, 4.69) is 29.1 Å². The number of hydrogen-bond acceptors (Lipinski definition) is 3. The Hall–Kier alpha value is -2.18. The molecule has 0 aliphatic rings. The van der Waals surface area contributed by atoms with Crippen molar-refractivity contribution in [2.45, 2.75) is 44.6 Å². The molecule has 0 saturated heterocycles. The van der Waals surface area contributed by atoms with Gasteiger partial charge in [-0.15, -0.1) is 0 Å². The molecule has 1 amide bonds. The zero-order chi connectivity index (χ0) is 20.0. The lowest BCUT2D eigenvalue weighted by molar-refractivity contribution is 0.0963. The summed E-state index contributed by atoms with van der Waals surface area (Å²) in [5.74, 6) is -0.166. The molecule has 2 aromatic rings. The summed E-state index contributed by atoms with van der Waals surface area (Å²) < 4.78 is 28.5.